The highest BCUT2D eigenvalue weighted by atomic mass is 32.2. The maximum Gasteiger partial charge on any atom is 0.152 e. The normalized spacial score (nSPS) is 49.5. The van der Waals surface area contributed by atoms with Gasteiger partial charge in [0.25, 0.3) is 0 Å². The molecule has 21 heavy (non-hydrogen) atoms. The van der Waals surface area contributed by atoms with Crippen LogP contribution in [0.4, 0.5) is 0 Å². The molecule has 0 aromatic heterocycles. The lowest BCUT2D eigenvalue weighted by Crippen LogP contribution is -2.65. The van der Waals surface area contributed by atoms with Crippen LogP contribution in [0.25, 0.3) is 0 Å². The first-order valence-electron chi connectivity index (χ1n) is 8.03. The van der Waals surface area contributed by atoms with Gasteiger partial charge in [-0.25, -0.2) is 4.21 Å². The van der Waals surface area contributed by atoms with Gasteiger partial charge in [0.1, 0.15) is 0 Å². The Balaban J connectivity index is 1.75. The SMILES string of the molecule is CS(=O)OCCOC12CC3(C)CC(C)(CC(CN)(C3)C1)C2. The van der Waals surface area contributed by atoms with Crippen molar-refractivity contribution in [2.45, 2.75) is 58.0 Å². The molecular formula is C16H29NO3S. The lowest BCUT2D eigenvalue weighted by Gasteiger charge is -2.69. The largest absolute Gasteiger partial charge is 0.372 e. The van der Waals surface area contributed by atoms with Crippen LogP contribution in [-0.4, -0.2) is 35.8 Å². The molecule has 4 fully saturated rings. The van der Waals surface area contributed by atoms with Gasteiger partial charge in [-0.15, -0.1) is 0 Å². The molecule has 3 atom stereocenters. The summed E-state index contributed by atoms with van der Waals surface area (Å²) in [4.78, 5) is 0. The van der Waals surface area contributed by atoms with Crippen molar-refractivity contribution >= 4 is 11.1 Å². The van der Waals surface area contributed by atoms with Crippen molar-refractivity contribution in [2.24, 2.45) is 22.0 Å². The lowest BCUT2D eigenvalue weighted by atomic mass is 9.39. The van der Waals surface area contributed by atoms with E-state index in [1.807, 2.05) is 0 Å². The maximum absolute atomic E-state index is 11.0. The Morgan fingerprint density at radius 3 is 2.14 bits per heavy atom. The van der Waals surface area contributed by atoms with Crippen LogP contribution in [-0.2, 0) is 20.0 Å². The smallest absolute Gasteiger partial charge is 0.152 e. The van der Waals surface area contributed by atoms with Crippen molar-refractivity contribution in [3.05, 3.63) is 0 Å². The summed E-state index contributed by atoms with van der Waals surface area (Å²) in [6.07, 6.45) is 8.76. The predicted molar refractivity (Wildman–Crippen MR) is 84.1 cm³/mol. The molecule has 4 aliphatic carbocycles. The zero-order valence-corrected chi connectivity index (χ0v) is 14.4. The van der Waals surface area contributed by atoms with Gasteiger partial charge in [0.05, 0.1) is 18.8 Å². The molecule has 4 rings (SSSR count). The highest BCUT2D eigenvalue weighted by molar-refractivity contribution is 7.79. The Bertz CT molecular complexity index is 435. The minimum absolute atomic E-state index is 0.0315. The first-order valence-corrected chi connectivity index (χ1v) is 9.51. The van der Waals surface area contributed by atoms with E-state index < -0.39 is 11.1 Å². The summed E-state index contributed by atoms with van der Waals surface area (Å²) in [5.41, 5.74) is 7.16. The Morgan fingerprint density at radius 2 is 1.62 bits per heavy atom. The van der Waals surface area contributed by atoms with Gasteiger partial charge < -0.3 is 10.5 Å². The summed E-state index contributed by atoms with van der Waals surface area (Å²) in [5, 5.41) is 0. The number of ether oxygens (including phenoxy) is 1. The fraction of sp³-hybridized carbons (Fsp3) is 1.00. The fourth-order valence-corrected chi connectivity index (χ4v) is 6.91. The summed E-state index contributed by atoms with van der Waals surface area (Å²) >= 11 is -1.21. The summed E-state index contributed by atoms with van der Waals surface area (Å²) in [7, 11) is 0. The number of hydrogen-bond acceptors (Lipinski definition) is 4. The van der Waals surface area contributed by atoms with Crippen molar-refractivity contribution in [3.63, 3.8) is 0 Å². The summed E-state index contributed by atoms with van der Waals surface area (Å²) < 4.78 is 22.4. The van der Waals surface area contributed by atoms with E-state index in [1.165, 1.54) is 19.3 Å². The lowest BCUT2D eigenvalue weighted by molar-refractivity contribution is -0.243. The molecule has 122 valence electrons. The van der Waals surface area contributed by atoms with E-state index in [-0.39, 0.29) is 11.0 Å². The Kier molecular flexibility index (Phi) is 3.80. The molecule has 0 amide bonds. The van der Waals surface area contributed by atoms with Gasteiger partial charge >= 0.3 is 0 Å². The number of rotatable bonds is 6. The van der Waals surface area contributed by atoms with Gasteiger partial charge in [0.15, 0.2) is 11.1 Å². The molecule has 3 unspecified atom stereocenters. The van der Waals surface area contributed by atoms with Gasteiger partial charge in [0.2, 0.25) is 0 Å². The standard InChI is InChI=1S/C16H29NO3S/c1-13-6-14(2)8-15(7-13,12-17)11-16(9-13,10-14)19-4-5-20-21(3)18/h4-12,17H2,1-3H3. The summed E-state index contributed by atoms with van der Waals surface area (Å²) in [6, 6.07) is 0. The van der Waals surface area contributed by atoms with Crippen molar-refractivity contribution in [2.75, 3.05) is 26.0 Å². The molecule has 4 nitrogen and oxygen atoms in total. The second kappa shape index (κ2) is 5.02. The topological polar surface area (TPSA) is 61.5 Å². The van der Waals surface area contributed by atoms with Gasteiger partial charge in [-0.3, -0.25) is 4.18 Å². The Hall–Kier alpha value is 0.0300. The van der Waals surface area contributed by atoms with E-state index in [0.717, 1.165) is 25.8 Å². The maximum atomic E-state index is 11.0. The highest BCUT2D eigenvalue weighted by Crippen LogP contribution is 2.71. The third-order valence-corrected chi connectivity index (χ3v) is 6.32. The van der Waals surface area contributed by atoms with E-state index in [0.29, 0.717) is 24.0 Å². The first kappa shape index (κ1) is 15.9. The Labute approximate surface area is 130 Å². The van der Waals surface area contributed by atoms with E-state index >= 15 is 0 Å². The molecule has 0 saturated heterocycles. The molecular weight excluding hydrogens is 286 g/mol. The molecule has 0 aromatic carbocycles. The molecule has 0 radical (unpaired) electrons. The van der Waals surface area contributed by atoms with Crippen LogP contribution in [0.15, 0.2) is 0 Å². The molecule has 4 aliphatic rings. The van der Waals surface area contributed by atoms with Gasteiger partial charge in [-0.2, -0.15) is 0 Å². The summed E-state index contributed by atoms with van der Waals surface area (Å²) in [6.45, 7) is 6.56. The third-order valence-electron chi connectivity index (χ3n) is 5.83. The molecule has 0 aliphatic heterocycles. The molecule has 4 saturated carbocycles. The van der Waals surface area contributed by atoms with E-state index in [4.69, 9.17) is 14.7 Å². The Morgan fingerprint density at radius 1 is 1.00 bits per heavy atom. The van der Waals surface area contributed by atoms with Gasteiger partial charge in [-0.05, 0) is 61.3 Å². The minimum Gasteiger partial charge on any atom is -0.372 e. The fourth-order valence-electron chi connectivity index (χ4n) is 6.61. The average molecular weight is 315 g/mol. The van der Waals surface area contributed by atoms with Crippen LogP contribution >= 0.6 is 0 Å². The minimum atomic E-state index is -1.21. The van der Waals surface area contributed by atoms with E-state index in [9.17, 15) is 4.21 Å². The van der Waals surface area contributed by atoms with Crippen molar-refractivity contribution in [1.82, 2.24) is 0 Å². The third kappa shape index (κ3) is 2.94. The van der Waals surface area contributed by atoms with Crippen molar-refractivity contribution < 1.29 is 13.1 Å². The number of hydrogen-bond donors (Lipinski definition) is 1. The zero-order valence-electron chi connectivity index (χ0n) is 13.6. The molecule has 0 aromatic rings. The van der Waals surface area contributed by atoms with Gasteiger partial charge in [0, 0.05) is 6.26 Å². The summed E-state index contributed by atoms with van der Waals surface area (Å²) in [5.74, 6) is 0. The van der Waals surface area contributed by atoms with Crippen LogP contribution in [0.1, 0.15) is 52.4 Å². The number of nitrogens with two attached hydrogens (primary N) is 1. The zero-order chi connectivity index (χ0) is 15.4. The van der Waals surface area contributed by atoms with Gasteiger partial charge in [-0.1, -0.05) is 13.8 Å². The van der Waals surface area contributed by atoms with Crippen molar-refractivity contribution in [3.8, 4) is 0 Å². The second-order valence-corrected chi connectivity index (χ2v) is 9.68. The molecule has 2 N–H and O–H groups in total. The van der Waals surface area contributed by atoms with Crippen molar-refractivity contribution in [1.29, 1.82) is 0 Å². The quantitative estimate of drug-likeness (QED) is 0.765. The first-order chi connectivity index (χ1) is 9.72. The van der Waals surface area contributed by atoms with Crippen LogP contribution in [0, 0.1) is 16.2 Å². The average Bonchev–Trinajstić information content (AvgIpc) is 2.30. The van der Waals surface area contributed by atoms with Crippen LogP contribution < -0.4 is 5.73 Å². The highest BCUT2D eigenvalue weighted by Gasteiger charge is 2.65. The predicted octanol–water partition coefficient (Wildman–Crippen LogP) is 2.39. The molecule has 5 heteroatoms. The van der Waals surface area contributed by atoms with Crippen LogP contribution in [0.2, 0.25) is 0 Å². The molecule has 0 spiro atoms. The molecule has 4 bridgehead atoms. The van der Waals surface area contributed by atoms with E-state index in [1.54, 1.807) is 6.26 Å². The van der Waals surface area contributed by atoms with Crippen LogP contribution in [0.5, 0.6) is 0 Å². The molecule has 0 heterocycles. The second-order valence-electron chi connectivity index (χ2n) is 8.64. The van der Waals surface area contributed by atoms with Crippen LogP contribution in [0.3, 0.4) is 0 Å². The van der Waals surface area contributed by atoms with E-state index in [2.05, 4.69) is 13.8 Å². The monoisotopic (exact) mass is 315 g/mol.